The molecule has 0 amide bonds. The number of aryl methyl sites for hydroxylation is 1. The summed E-state index contributed by atoms with van der Waals surface area (Å²) in [6, 6.07) is 2.90. The molecule has 0 unspecified atom stereocenters. The molecule has 0 aromatic carbocycles. The summed E-state index contributed by atoms with van der Waals surface area (Å²) in [4.78, 5) is 9.09. The molecule has 0 saturated carbocycles. The summed E-state index contributed by atoms with van der Waals surface area (Å²) in [5.41, 5.74) is 0.566. The van der Waals surface area contributed by atoms with Gasteiger partial charge in [-0.05, 0) is 18.1 Å². The topological polar surface area (TPSA) is 92.2 Å². The van der Waals surface area contributed by atoms with Crippen LogP contribution in [0.2, 0.25) is 0 Å². The number of pyridine rings is 1. The molecule has 0 aliphatic heterocycles. The molecule has 0 bridgehead atoms. The third-order valence-electron chi connectivity index (χ3n) is 2.62. The van der Waals surface area contributed by atoms with Crippen molar-refractivity contribution in [3.05, 3.63) is 40.0 Å². The zero-order chi connectivity index (χ0) is 14.6. The lowest BCUT2D eigenvalue weighted by molar-refractivity contribution is 0.281. The van der Waals surface area contributed by atoms with Crippen LogP contribution in [-0.2, 0) is 29.6 Å². The molecule has 2 aromatic rings. The summed E-state index contributed by atoms with van der Waals surface area (Å²) in [5.74, 6) is 0. The summed E-state index contributed by atoms with van der Waals surface area (Å²) in [7, 11) is -3.66. The minimum Gasteiger partial charge on any atom is -0.392 e. The molecule has 0 fully saturated rings. The molecule has 6 nitrogen and oxygen atoms in total. The fourth-order valence-electron chi connectivity index (χ4n) is 1.49. The van der Waals surface area contributed by atoms with Gasteiger partial charge < -0.3 is 5.11 Å². The van der Waals surface area contributed by atoms with Gasteiger partial charge in [-0.1, -0.05) is 13.0 Å². The molecule has 2 heterocycles. The van der Waals surface area contributed by atoms with Crippen molar-refractivity contribution in [3.63, 3.8) is 0 Å². The monoisotopic (exact) mass is 313 g/mol. The smallest absolute Gasteiger partial charge is 0.258 e. The highest BCUT2D eigenvalue weighted by Crippen LogP contribution is 2.14. The van der Waals surface area contributed by atoms with Crippen molar-refractivity contribution < 1.29 is 13.5 Å². The van der Waals surface area contributed by atoms with E-state index in [1.165, 1.54) is 29.7 Å². The van der Waals surface area contributed by atoms with Crippen LogP contribution in [0.4, 0.5) is 0 Å². The fourth-order valence-corrected chi connectivity index (χ4v) is 3.29. The van der Waals surface area contributed by atoms with Crippen LogP contribution in [0.5, 0.6) is 0 Å². The van der Waals surface area contributed by atoms with E-state index in [-0.39, 0.29) is 18.2 Å². The van der Waals surface area contributed by atoms with Gasteiger partial charge in [0.2, 0.25) is 0 Å². The van der Waals surface area contributed by atoms with E-state index in [0.717, 1.165) is 16.3 Å². The molecule has 2 rings (SSSR count). The first-order chi connectivity index (χ1) is 9.55. The van der Waals surface area contributed by atoms with Gasteiger partial charge >= 0.3 is 0 Å². The van der Waals surface area contributed by atoms with E-state index in [1.807, 2.05) is 6.92 Å². The molecule has 0 aliphatic rings. The summed E-state index contributed by atoms with van der Waals surface area (Å²) < 4.78 is 26.5. The number of aliphatic hydroxyl groups excluding tert-OH is 1. The maximum atomic E-state index is 12.0. The van der Waals surface area contributed by atoms with Gasteiger partial charge in [-0.2, -0.15) is 0 Å². The van der Waals surface area contributed by atoms with Crippen LogP contribution in [0.15, 0.2) is 29.6 Å². The fraction of sp³-hybridized carbons (Fsp3) is 0.333. The van der Waals surface area contributed by atoms with Crippen molar-refractivity contribution >= 4 is 21.4 Å². The normalized spacial score (nSPS) is 11.7. The van der Waals surface area contributed by atoms with Crippen LogP contribution in [-0.4, -0.2) is 23.5 Å². The second kappa shape index (κ2) is 6.40. The van der Waals surface area contributed by atoms with E-state index >= 15 is 0 Å². The van der Waals surface area contributed by atoms with Crippen LogP contribution in [0.25, 0.3) is 0 Å². The maximum Gasteiger partial charge on any atom is 0.258 e. The average molecular weight is 313 g/mol. The Balaban J connectivity index is 2.06. The largest absolute Gasteiger partial charge is 0.392 e. The van der Waals surface area contributed by atoms with Crippen LogP contribution in [0, 0.1) is 0 Å². The quantitative estimate of drug-likeness (QED) is 0.832. The summed E-state index contributed by atoms with van der Waals surface area (Å²) in [6.45, 7) is 2.00. The standard InChI is InChI=1S/C12H15N3O3S2/c1-2-10-6-13-11(19-10)7-15-20(17,18)12-4-3-9(8-16)5-14-12/h3-6,15-16H,2,7-8H2,1H3. The SMILES string of the molecule is CCc1cnc(CNS(=O)(=O)c2ccc(CO)cn2)s1. The van der Waals surface area contributed by atoms with Crippen LogP contribution in [0.1, 0.15) is 22.4 Å². The van der Waals surface area contributed by atoms with Crippen molar-refractivity contribution in [2.45, 2.75) is 31.5 Å². The number of rotatable bonds is 6. The zero-order valence-electron chi connectivity index (χ0n) is 10.9. The van der Waals surface area contributed by atoms with Crippen LogP contribution >= 0.6 is 11.3 Å². The molecule has 0 aliphatic carbocycles. The molecular weight excluding hydrogens is 298 g/mol. The zero-order valence-corrected chi connectivity index (χ0v) is 12.5. The minimum absolute atomic E-state index is 0.0676. The second-order valence-corrected chi connectivity index (χ2v) is 6.97. The Morgan fingerprint density at radius 1 is 1.30 bits per heavy atom. The van der Waals surface area contributed by atoms with Gasteiger partial charge in [-0.25, -0.2) is 23.1 Å². The van der Waals surface area contributed by atoms with Crippen molar-refractivity contribution in [2.75, 3.05) is 0 Å². The lowest BCUT2D eigenvalue weighted by Crippen LogP contribution is -2.24. The van der Waals surface area contributed by atoms with Crippen molar-refractivity contribution in [1.82, 2.24) is 14.7 Å². The highest BCUT2D eigenvalue weighted by atomic mass is 32.2. The third kappa shape index (κ3) is 3.60. The Kier molecular flexibility index (Phi) is 4.81. The van der Waals surface area contributed by atoms with Gasteiger partial charge in [0.1, 0.15) is 5.01 Å². The molecule has 0 spiro atoms. The first-order valence-electron chi connectivity index (χ1n) is 6.04. The van der Waals surface area contributed by atoms with E-state index in [0.29, 0.717) is 5.56 Å². The molecule has 0 atom stereocenters. The number of nitrogens with one attached hydrogen (secondary N) is 1. The first-order valence-corrected chi connectivity index (χ1v) is 8.34. The summed E-state index contributed by atoms with van der Waals surface area (Å²) in [5, 5.41) is 9.55. The number of hydrogen-bond donors (Lipinski definition) is 2. The van der Waals surface area contributed by atoms with Gasteiger partial charge in [-0.15, -0.1) is 11.3 Å². The van der Waals surface area contributed by atoms with E-state index < -0.39 is 10.0 Å². The highest BCUT2D eigenvalue weighted by Gasteiger charge is 2.16. The van der Waals surface area contributed by atoms with Crippen LogP contribution < -0.4 is 4.72 Å². The molecule has 2 aromatic heterocycles. The Morgan fingerprint density at radius 3 is 2.65 bits per heavy atom. The number of sulfonamides is 1. The van der Waals surface area contributed by atoms with Gasteiger partial charge in [-0.3, -0.25) is 0 Å². The Labute approximate surface area is 121 Å². The molecule has 0 radical (unpaired) electrons. The van der Waals surface area contributed by atoms with E-state index in [2.05, 4.69) is 14.7 Å². The van der Waals surface area contributed by atoms with Crippen molar-refractivity contribution in [1.29, 1.82) is 0 Å². The maximum absolute atomic E-state index is 12.0. The van der Waals surface area contributed by atoms with Crippen molar-refractivity contribution in [2.24, 2.45) is 0 Å². The number of nitrogens with zero attached hydrogens (tertiary/aromatic N) is 2. The first kappa shape index (κ1) is 15.0. The number of aliphatic hydroxyl groups is 1. The van der Waals surface area contributed by atoms with E-state index in [4.69, 9.17) is 5.11 Å². The Morgan fingerprint density at radius 2 is 2.10 bits per heavy atom. The highest BCUT2D eigenvalue weighted by molar-refractivity contribution is 7.89. The van der Waals surface area contributed by atoms with E-state index in [9.17, 15) is 8.42 Å². The molecule has 20 heavy (non-hydrogen) atoms. The van der Waals surface area contributed by atoms with Gasteiger partial charge in [0.25, 0.3) is 10.0 Å². The Hall–Kier alpha value is -1.35. The van der Waals surface area contributed by atoms with Gasteiger partial charge in [0, 0.05) is 17.3 Å². The second-order valence-electron chi connectivity index (χ2n) is 4.06. The number of aromatic nitrogens is 2. The molecule has 0 saturated heterocycles. The van der Waals surface area contributed by atoms with Gasteiger partial charge in [0.05, 0.1) is 13.2 Å². The van der Waals surface area contributed by atoms with Gasteiger partial charge in [0.15, 0.2) is 5.03 Å². The lowest BCUT2D eigenvalue weighted by Gasteiger charge is -2.04. The molecule has 2 N–H and O–H groups in total. The molecular formula is C12H15N3O3S2. The van der Waals surface area contributed by atoms with Crippen LogP contribution in [0.3, 0.4) is 0 Å². The average Bonchev–Trinajstić information content (AvgIpc) is 2.93. The summed E-state index contributed by atoms with van der Waals surface area (Å²) in [6.07, 6.45) is 3.98. The number of thiazole rings is 1. The minimum atomic E-state index is -3.66. The lowest BCUT2D eigenvalue weighted by atomic mass is 10.3. The van der Waals surface area contributed by atoms with E-state index in [1.54, 1.807) is 6.20 Å². The molecule has 8 heteroatoms. The third-order valence-corrected chi connectivity index (χ3v) is 5.08. The molecule has 108 valence electrons. The Bertz CT molecular complexity index is 666. The number of hydrogen-bond acceptors (Lipinski definition) is 6. The predicted molar refractivity (Wildman–Crippen MR) is 75.7 cm³/mol. The predicted octanol–water partition coefficient (Wildman–Crippen LogP) is 1.07. The summed E-state index contributed by atoms with van der Waals surface area (Å²) >= 11 is 1.48. The van der Waals surface area contributed by atoms with Crippen molar-refractivity contribution in [3.8, 4) is 0 Å².